The molecule has 0 bridgehead atoms. The first-order chi connectivity index (χ1) is 13.0. The lowest BCUT2D eigenvalue weighted by Crippen LogP contribution is -2.26. The van der Waals surface area contributed by atoms with E-state index in [0.717, 1.165) is 16.9 Å². The van der Waals surface area contributed by atoms with Crippen molar-refractivity contribution in [2.24, 2.45) is 0 Å². The monoisotopic (exact) mass is 382 g/mol. The number of aromatic nitrogens is 3. The van der Waals surface area contributed by atoms with E-state index < -0.39 is 9.84 Å². The molecule has 7 nitrogen and oxygen atoms in total. The molecule has 0 radical (unpaired) electrons. The molecule has 27 heavy (non-hydrogen) atoms. The number of sulfone groups is 1. The van der Waals surface area contributed by atoms with Gasteiger partial charge in [0.2, 0.25) is 0 Å². The molecule has 0 atom stereocenters. The molecule has 2 aromatic heterocycles. The van der Waals surface area contributed by atoms with Crippen LogP contribution in [0.5, 0.6) is 0 Å². The number of pyridine rings is 1. The van der Waals surface area contributed by atoms with Gasteiger partial charge in [-0.2, -0.15) is 5.10 Å². The highest BCUT2D eigenvalue weighted by Gasteiger charge is 2.31. The van der Waals surface area contributed by atoms with Crippen LogP contribution < -0.4 is 5.32 Å². The molecule has 0 fully saturated rings. The van der Waals surface area contributed by atoms with Gasteiger partial charge < -0.3 is 5.32 Å². The highest BCUT2D eigenvalue weighted by atomic mass is 32.2. The van der Waals surface area contributed by atoms with E-state index in [-0.39, 0.29) is 23.1 Å². The van der Waals surface area contributed by atoms with Gasteiger partial charge in [0.05, 0.1) is 22.9 Å². The van der Waals surface area contributed by atoms with E-state index in [9.17, 15) is 13.2 Å². The van der Waals surface area contributed by atoms with Crippen LogP contribution in [0.3, 0.4) is 0 Å². The summed E-state index contributed by atoms with van der Waals surface area (Å²) in [7, 11) is -3.23. The molecule has 1 aliphatic rings. The van der Waals surface area contributed by atoms with Crippen molar-refractivity contribution in [3.05, 3.63) is 77.4 Å². The maximum atomic E-state index is 12.7. The van der Waals surface area contributed by atoms with Crippen LogP contribution in [0.4, 0.5) is 0 Å². The molecule has 0 saturated heterocycles. The molecule has 138 valence electrons. The number of hydrogen-bond acceptors (Lipinski definition) is 5. The molecule has 0 aliphatic carbocycles. The van der Waals surface area contributed by atoms with Crippen LogP contribution in [-0.2, 0) is 28.6 Å². The van der Waals surface area contributed by atoms with Gasteiger partial charge in [0.25, 0.3) is 5.91 Å². The number of amides is 1. The van der Waals surface area contributed by atoms with Crippen molar-refractivity contribution in [3.8, 4) is 5.69 Å². The van der Waals surface area contributed by atoms with E-state index in [4.69, 9.17) is 0 Å². The lowest BCUT2D eigenvalue weighted by Gasteiger charge is -2.15. The van der Waals surface area contributed by atoms with E-state index >= 15 is 0 Å². The molecule has 0 saturated carbocycles. The van der Waals surface area contributed by atoms with Gasteiger partial charge in [0.1, 0.15) is 0 Å². The number of carbonyl (C=O) groups is 1. The second-order valence-corrected chi connectivity index (χ2v) is 8.59. The summed E-state index contributed by atoms with van der Waals surface area (Å²) >= 11 is 0. The van der Waals surface area contributed by atoms with Gasteiger partial charge in [0.15, 0.2) is 15.5 Å². The van der Waals surface area contributed by atoms with Crippen molar-refractivity contribution in [2.75, 3.05) is 5.75 Å². The first kappa shape index (κ1) is 17.4. The third-order valence-corrected chi connectivity index (χ3v) is 6.05. The molecule has 1 aliphatic heterocycles. The Balaban J connectivity index is 1.69. The number of benzene rings is 1. The van der Waals surface area contributed by atoms with Gasteiger partial charge in [-0.1, -0.05) is 24.3 Å². The molecule has 0 spiro atoms. The summed E-state index contributed by atoms with van der Waals surface area (Å²) in [5.41, 5.74) is 3.10. The maximum absolute atomic E-state index is 12.7. The summed E-state index contributed by atoms with van der Waals surface area (Å²) in [6, 6.07) is 13.1. The van der Waals surface area contributed by atoms with Crippen LogP contribution in [0.15, 0.2) is 54.9 Å². The van der Waals surface area contributed by atoms with E-state index in [1.807, 2.05) is 36.4 Å². The van der Waals surface area contributed by atoms with Crippen molar-refractivity contribution < 1.29 is 13.2 Å². The molecule has 3 heterocycles. The molecular formula is C19H18N4O3S. The minimum absolute atomic E-state index is 0.0648. The Hall–Kier alpha value is -3.00. The quantitative estimate of drug-likeness (QED) is 0.741. The van der Waals surface area contributed by atoms with E-state index in [1.54, 1.807) is 23.1 Å². The summed E-state index contributed by atoms with van der Waals surface area (Å²) in [6.45, 7) is 0.298. The van der Waals surface area contributed by atoms with Crippen LogP contribution in [0, 0.1) is 0 Å². The van der Waals surface area contributed by atoms with E-state index in [0.29, 0.717) is 18.5 Å². The lowest BCUT2D eigenvalue weighted by molar-refractivity contribution is 0.0945. The molecule has 8 heteroatoms. The topological polar surface area (TPSA) is 93.9 Å². The number of hydrogen-bond donors (Lipinski definition) is 1. The number of carbonyl (C=O) groups excluding carboxylic acids is 1. The maximum Gasteiger partial charge on any atom is 0.272 e. The fourth-order valence-electron chi connectivity index (χ4n) is 3.17. The van der Waals surface area contributed by atoms with Crippen LogP contribution >= 0.6 is 0 Å². The van der Waals surface area contributed by atoms with Crippen LogP contribution in [0.25, 0.3) is 5.69 Å². The summed E-state index contributed by atoms with van der Waals surface area (Å²) < 4.78 is 26.0. The first-order valence-electron chi connectivity index (χ1n) is 8.57. The molecule has 0 unspecified atom stereocenters. The highest BCUT2D eigenvalue weighted by molar-refractivity contribution is 7.90. The van der Waals surface area contributed by atoms with Crippen molar-refractivity contribution in [2.45, 2.75) is 18.7 Å². The third-order valence-electron chi connectivity index (χ3n) is 4.50. The second-order valence-electron chi connectivity index (χ2n) is 6.41. The molecular weight excluding hydrogens is 364 g/mol. The smallest absolute Gasteiger partial charge is 0.272 e. The van der Waals surface area contributed by atoms with Crippen LogP contribution in [0.1, 0.15) is 27.3 Å². The average molecular weight is 382 g/mol. The number of fused-ring (bicyclic) bond motifs is 1. The number of nitrogens with zero attached hydrogens (tertiary/aromatic N) is 3. The number of nitrogens with one attached hydrogen (secondary N) is 1. The SMILES string of the molecule is O=C(NCc1cccnc1)c1nn(-c2ccccc2)c2c1CS(=O)(=O)CC2. The van der Waals surface area contributed by atoms with Gasteiger partial charge in [0, 0.05) is 30.9 Å². The summed E-state index contributed by atoms with van der Waals surface area (Å²) in [5, 5.41) is 7.27. The predicted molar refractivity (Wildman–Crippen MR) is 100 cm³/mol. The van der Waals surface area contributed by atoms with Gasteiger partial charge in [-0.05, 0) is 23.8 Å². The highest BCUT2D eigenvalue weighted by Crippen LogP contribution is 2.26. The number of para-hydroxylation sites is 1. The average Bonchev–Trinajstić information content (AvgIpc) is 3.05. The molecule has 4 rings (SSSR count). The largest absolute Gasteiger partial charge is 0.346 e. The summed E-state index contributed by atoms with van der Waals surface area (Å²) in [5.74, 6) is -0.484. The Morgan fingerprint density at radius 1 is 1.15 bits per heavy atom. The Kier molecular flexibility index (Phi) is 4.49. The normalized spacial score (nSPS) is 15.1. The van der Waals surface area contributed by atoms with Gasteiger partial charge in [-0.15, -0.1) is 0 Å². The van der Waals surface area contributed by atoms with Crippen molar-refractivity contribution in [1.82, 2.24) is 20.1 Å². The minimum Gasteiger partial charge on any atom is -0.346 e. The van der Waals surface area contributed by atoms with Crippen molar-refractivity contribution in [3.63, 3.8) is 0 Å². The van der Waals surface area contributed by atoms with Crippen LogP contribution in [-0.4, -0.2) is 34.8 Å². The van der Waals surface area contributed by atoms with Gasteiger partial charge >= 0.3 is 0 Å². The fraction of sp³-hybridized carbons (Fsp3) is 0.211. The zero-order valence-corrected chi connectivity index (χ0v) is 15.3. The zero-order valence-electron chi connectivity index (χ0n) is 14.5. The molecule has 1 aromatic carbocycles. The number of rotatable bonds is 4. The fourth-order valence-corrected chi connectivity index (χ4v) is 4.56. The first-order valence-corrected chi connectivity index (χ1v) is 10.4. The molecule has 3 aromatic rings. The predicted octanol–water partition coefficient (Wildman–Crippen LogP) is 1.67. The Labute approximate surface area is 157 Å². The molecule has 1 N–H and O–H groups in total. The Morgan fingerprint density at radius 2 is 1.96 bits per heavy atom. The Morgan fingerprint density at radius 3 is 2.70 bits per heavy atom. The van der Waals surface area contributed by atoms with E-state index in [2.05, 4.69) is 15.4 Å². The zero-order chi connectivity index (χ0) is 18.9. The minimum atomic E-state index is -3.23. The lowest BCUT2D eigenvalue weighted by atomic mass is 10.1. The van der Waals surface area contributed by atoms with Crippen LogP contribution in [0.2, 0.25) is 0 Å². The van der Waals surface area contributed by atoms with Crippen molar-refractivity contribution >= 4 is 15.7 Å². The summed E-state index contributed by atoms with van der Waals surface area (Å²) in [6.07, 6.45) is 3.67. The second kappa shape index (κ2) is 6.96. The summed E-state index contributed by atoms with van der Waals surface area (Å²) in [4.78, 5) is 16.8. The van der Waals surface area contributed by atoms with Crippen molar-refractivity contribution in [1.29, 1.82) is 0 Å². The van der Waals surface area contributed by atoms with Gasteiger partial charge in [-0.3, -0.25) is 9.78 Å². The Bertz CT molecular complexity index is 1080. The third kappa shape index (κ3) is 3.61. The molecule has 1 amide bonds. The standard InChI is InChI=1S/C19H18N4O3S/c24-19(21-12-14-5-4-9-20-11-14)18-16-13-27(25,26)10-8-17(16)23(22-18)15-6-2-1-3-7-15/h1-7,9,11H,8,10,12-13H2,(H,21,24). The van der Waals surface area contributed by atoms with E-state index in [1.165, 1.54) is 0 Å². The van der Waals surface area contributed by atoms with Gasteiger partial charge in [-0.25, -0.2) is 13.1 Å².